The van der Waals surface area contributed by atoms with Crippen LogP contribution in [0.15, 0.2) is 24.3 Å². The Hall–Kier alpha value is -1.14. The van der Waals surface area contributed by atoms with Crippen molar-refractivity contribution in [1.82, 2.24) is 0 Å². The third kappa shape index (κ3) is 4.16. The quantitative estimate of drug-likeness (QED) is 0.471. The monoisotopic (exact) mass is 257 g/mol. The van der Waals surface area contributed by atoms with E-state index in [4.69, 9.17) is 17.0 Å². The fourth-order valence-corrected chi connectivity index (χ4v) is 1.38. The second-order valence-corrected chi connectivity index (χ2v) is 4.38. The van der Waals surface area contributed by atoms with Gasteiger partial charge in [-0.3, -0.25) is 10.1 Å². The molecule has 0 N–H and O–H groups in total. The SMILES string of the molecule is CSC(=S)OCCc1ccc([N+](=O)[O-])cc1. The van der Waals surface area contributed by atoms with Gasteiger partial charge in [0.2, 0.25) is 4.38 Å². The van der Waals surface area contributed by atoms with Crippen LogP contribution in [0.3, 0.4) is 0 Å². The molecule has 4 nitrogen and oxygen atoms in total. The molecule has 0 radical (unpaired) electrons. The molecule has 0 unspecified atom stereocenters. The zero-order valence-electron chi connectivity index (χ0n) is 8.71. The summed E-state index contributed by atoms with van der Waals surface area (Å²) in [6.07, 6.45) is 2.55. The van der Waals surface area contributed by atoms with Gasteiger partial charge in [-0.1, -0.05) is 23.9 Å². The Labute approximate surface area is 103 Å². The molecule has 0 aliphatic rings. The van der Waals surface area contributed by atoms with Crippen LogP contribution < -0.4 is 0 Å². The standard InChI is InChI=1S/C10H11NO3S2/c1-16-10(15)14-7-6-8-2-4-9(5-3-8)11(12)13/h2-5H,6-7H2,1H3. The van der Waals surface area contributed by atoms with E-state index in [2.05, 4.69) is 0 Å². The van der Waals surface area contributed by atoms with Crippen molar-refractivity contribution >= 4 is 34.0 Å². The fraction of sp³-hybridized carbons (Fsp3) is 0.300. The zero-order chi connectivity index (χ0) is 12.0. The Morgan fingerprint density at radius 1 is 1.50 bits per heavy atom. The van der Waals surface area contributed by atoms with Crippen molar-refractivity contribution in [3.63, 3.8) is 0 Å². The number of rotatable bonds is 4. The van der Waals surface area contributed by atoms with E-state index >= 15 is 0 Å². The van der Waals surface area contributed by atoms with Crippen LogP contribution in [-0.4, -0.2) is 22.2 Å². The molecule has 0 bridgehead atoms. The number of thiocarbonyl (C=S) groups is 1. The van der Waals surface area contributed by atoms with Crippen molar-refractivity contribution in [1.29, 1.82) is 0 Å². The van der Waals surface area contributed by atoms with Crippen molar-refractivity contribution < 1.29 is 9.66 Å². The summed E-state index contributed by atoms with van der Waals surface area (Å²) in [5.41, 5.74) is 1.10. The molecular formula is C10H11NO3S2. The number of thioether (sulfide) groups is 1. The number of nitrogens with zero attached hydrogens (tertiary/aromatic N) is 1. The van der Waals surface area contributed by atoms with Gasteiger partial charge in [0.15, 0.2) is 0 Å². The Balaban J connectivity index is 2.43. The molecule has 0 heterocycles. The van der Waals surface area contributed by atoms with Crippen LogP contribution in [0, 0.1) is 10.1 Å². The van der Waals surface area contributed by atoms with Gasteiger partial charge in [-0.05, 0) is 24.0 Å². The first-order valence-electron chi connectivity index (χ1n) is 4.57. The maximum Gasteiger partial charge on any atom is 0.269 e. The second-order valence-electron chi connectivity index (χ2n) is 2.98. The highest BCUT2D eigenvalue weighted by Crippen LogP contribution is 2.12. The van der Waals surface area contributed by atoms with Crippen LogP contribution in [0.4, 0.5) is 5.69 Å². The number of benzene rings is 1. The molecule has 0 aliphatic heterocycles. The molecular weight excluding hydrogens is 246 g/mol. The predicted molar refractivity (Wildman–Crippen MR) is 68.9 cm³/mol. The molecule has 0 aliphatic carbocycles. The first-order valence-corrected chi connectivity index (χ1v) is 6.21. The average molecular weight is 257 g/mol. The lowest BCUT2D eigenvalue weighted by Gasteiger charge is -2.04. The van der Waals surface area contributed by atoms with Crippen molar-refractivity contribution in [3.05, 3.63) is 39.9 Å². The van der Waals surface area contributed by atoms with E-state index in [-0.39, 0.29) is 5.69 Å². The highest BCUT2D eigenvalue weighted by Gasteiger charge is 2.03. The summed E-state index contributed by atoms with van der Waals surface area (Å²) >= 11 is 6.26. The van der Waals surface area contributed by atoms with Gasteiger partial charge in [0.1, 0.15) is 0 Å². The van der Waals surface area contributed by atoms with Crippen LogP contribution in [0.5, 0.6) is 0 Å². The van der Waals surface area contributed by atoms with E-state index < -0.39 is 4.92 Å². The van der Waals surface area contributed by atoms with Gasteiger partial charge >= 0.3 is 0 Å². The molecule has 1 rings (SSSR count). The van der Waals surface area contributed by atoms with Gasteiger partial charge < -0.3 is 4.74 Å². The first-order chi connectivity index (χ1) is 7.63. The molecule has 0 fully saturated rings. The molecule has 1 aromatic rings. The van der Waals surface area contributed by atoms with E-state index in [9.17, 15) is 10.1 Å². The molecule has 0 aromatic heterocycles. The molecule has 0 spiro atoms. The van der Waals surface area contributed by atoms with Gasteiger partial charge in [0.05, 0.1) is 11.5 Å². The number of nitro benzene ring substituents is 1. The Kier molecular flexibility index (Phi) is 5.21. The topological polar surface area (TPSA) is 52.4 Å². The van der Waals surface area contributed by atoms with E-state index in [1.807, 2.05) is 6.26 Å². The maximum absolute atomic E-state index is 10.4. The van der Waals surface area contributed by atoms with E-state index in [0.717, 1.165) is 5.56 Å². The number of ether oxygens (including phenoxy) is 1. The zero-order valence-corrected chi connectivity index (χ0v) is 10.3. The number of hydrogen-bond donors (Lipinski definition) is 0. The van der Waals surface area contributed by atoms with Gasteiger partial charge in [-0.15, -0.1) is 0 Å². The Morgan fingerprint density at radius 3 is 2.62 bits per heavy atom. The summed E-state index contributed by atoms with van der Waals surface area (Å²) in [5, 5.41) is 10.4. The summed E-state index contributed by atoms with van der Waals surface area (Å²) in [6, 6.07) is 6.43. The van der Waals surface area contributed by atoms with Crippen molar-refractivity contribution in [3.8, 4) is 0 Å². The molecule has 0 atom stereocenters. The summed E-state index contributed by atoms with van der Waals surface area (Å²) in [4.78, 5) is 10.0. The first kappa shape index (κ1) is 12.9. The molecule has 86 valence electrons. The lowest BCUT2D eigenvalue weighted by atomic mass is 10.1. The second kappa shape index (κ2) is 6.44. The molecule has 0 amide bonds. The lowest BCUT2D eigenvalue weighted by Crippen LogP contribution is -2.01. The minimum absolute atomic E-state index is 0.101. The maximum atomic E-state index is 10.4. The minimum atomic E-state index is -0.414. The predicted octanol–water partition coefficient (Wildman–Crippen LogP) is 2.80. The normalized spacial score (nSPS) is 9.81. The molecule has 16 heavy (non-hydrogen) atoms. The largest absolute Gasteiger partial charge is 0.478 e. The van der Waals surface area contributed by atoms with E-state index in [1.54, 1.807) is 12.1 Å². The molecule has 0 saturated carbocycles. The van der Waals surface area contributed by atoms with Gasteiger partial charge in [0.25, 0.3) is 5.69 Å². The number of nitro groups is 1. The van der Waals surface area contributed by atoms with Crippen molar-refractivity contribution in [2.24, 2.45) is 0 Å². The van der Waals surface area contributed by atoms with Gasteiger partial charge in [-0.2, -0.15) is 0 Å². The summed E-state index contributed by atoms with van der Waals surface area (Å²) in [5.74, 6) is 0. The van der Waals surface area contributed by atoms with Crippen LogP contribution >= 0.6 is 24.0 Å². The number of hydrogen-bond acceptors (Lipinski definition) is 5. The Bertz CT molecular complexity index is 378. The minimum Gasteiger partial charge on any atom is -0.478 e. The van der Waals surface area contributed by atoms with Crippen molar-refractivity contribution in [2.75, 3.05) is 12.9 Å². The fourth-order valence-electron chi connectivity index (χ4n) is 1.10. The summed E-state index contributed by atoms with van der Waals surface area (Å²) in [6.45, 7) is 0.498. The molecule has 1 aromatic carbocycles. The average Bonchev–Trinajstić information content (AvgIpc) is 2.29. The smallest absolute Gasteiger partial charge is 0.269 e. The van der Waals surface area contributed by atoms with Gasteiger partial charge in [0, 0.05) is 18.6 Å². The number of non-ortho nitro benzene ring substituents is 1. The lowest BCUT2D eigenvalue weighted by molar-refractivity contribution is -0.384. The van der Waals surface area contributed by atoms with Crippen LogP contribution in [0.2, 0.25) is 0 Å². The summed E-state index contributed by atoms with van der Waals surface area (Å²) < 4.78 is 5.75. The molecule has 0 saturated heterocycles. The third-order valence-corrected chi connectivity index (χ3v) is 2.99. The van der Waals surface area contributed by atoms with Crippen LogP contribution in [-0.2, 0) is 11.2 Å². The van der Waals surface area contributed by atoms with Crippen LogP contribution in [0.25, 0.3) is 0 Å². The van der Waals surface area contributed by atoms with Crippen LogP contribution in [0.1, 0.15) is 5.56 Å². The van der Waals surface area contributed by atoms with Crippen molar-refractivity contribution in [2.45, 2.75) is 6.42 Å². The van der Waals surface area contributed by atoms with Gasteiger partial charge in [-0.25, -0.2) is 0 Å². The Morgan fingerprint density at radius 2 is 2.12 bits per heavy atom. The highest BCUT2D eigenvalue weighted by molar-refractivity contribution is 8.22. The summed E-state index contributed by atoms with van der Waals surface area (Å²) in [7, 11) is 0. The van der Waals surface area contributed by atoms with E-state index in [1.165, 1.54) is 23.9 Å². The third-order valence-electron chi connectivity index (χ3n) is 1.92. The van der Waals surface area contributed by atoms with E-state index in [0.29, 0.717) is 17.4 Å². The molecule has 6 heteroatoms. The highest BCUT2D eigenvalue weighted by atomic mass is 32.2.